The predicted octanol–water partition coefficient (Wildman–Crippen LogP) is -0.160. The summed E-state index contributed by atoms with van der Waals surface area (Å²) in [4.78, 5) is 33.3. The number of primary amides is 1. The molecule has 0 saturated carbocycles. The molecule has 1 unspecified atom stereocenters. The number of carbonyl (C=O) groups excluding carboxylic acids is 2. The number of carbonyl (C=O) groups is 3. The number of amides is 2. The third-order valence-electron chi connectivity index (χ3n) is 2.62. The Morgan fingerprint density at radius 1 is 1.52 bits per heavy atom. The van der Waals surface area contributed by atoms with Crippen molar-refractivity contribution in [1.29, 1.82) is 0 Å². The molecule has 0 radical (unpaired) electrons. The molecule has 21 heavy (non-hydrogen) atoms. The lowest BCUT2D eigenvalue weighted by molar-refractivity contribution is -0.142. The van der Waals surface area contributed by atoms with E-state index in [1.807, 2.05) is 0 Å². The van der Waals surface area contributed by atoms with Gasteiger partial charge >= 0.3 is 5.97 Å². The van der Waals surface area contributed by atoms with Gasteiger partial charge in [-0.3, -0.25) is 14.3 Å². The van der Waals surface area contributed by atoms with Crippen LogP contribution in [0.1, 0.15) is 17.7 Å². The van der Waals surface area contributed by atoms with Gasteiger partial charge in [0.25, 0.3) is 0 Å². The molecular weight excluding hydrogens is 300 g/mol. The first kappa shape index (κ1) is 16.7. The van der Waals surface area contributed by atoms with Gasteiger partial charge in [-0.1, -0.05) is 11.6 Å². The number of carboxylic acid groups (broad SMARTS) is 1. The quantitative estimate of drug-likeness (QED) is 0.629. The van der Waals surface area contributed by atoms with Crippen LogP contribution in [0.2, 0.25) is 5.15 Å². The first-order chi connectivity index (χ1) is 9.72. The van der Waals surface area contributed by atoms with Crippen LogP contribution in [0.3, 0.4) is 0 Å². The van der Waals surface area contributed by atoms with E-state index < -0.39 is 30.2 Å². The number of aryl methyl sites for hydroxylation is 2. The molecular formula is C12H15ClN4O4. The van der Waals surface area contributed by atoms with Crippen molar-refractivity contribution in [3.63, 3.8) is 0 Å². The predicted molar refractivity (Wildman–Crippen MR) is 75.4 cm³/mol. The molecule has 1 heterocycles. The molecule has 0 spiro atoms. The number of nitrogens with zero attached hydrogens (tertiary/aromatic N) is 2. The largest absolute Gasteiger partial charge is 0.480 e. The second kappa shape index (κ2) is 6.89. The number of rotatable bonds is 6. The normalized spacial score (nSPS) is 12.3. The Balaban J connectivity index is 2.78. The number of aliphatic carboxylic acids is 1. The summed E-state index contributed by atoms with van der Waals surface area (Å²) in [5, 5.41) is 15.4. The molecule has 2 amide bonds. The molecule has 9 heteroatoms. The highest BCUT2D eigenvalue weighted by Gasteiger charge is 2.21. The van der Waals surface area contributed by atoms with Gasteiger partial charge in [-0.05, 0) is 13.0 Å². The molecule has 0 aliphatic carbocycles. The van der Waals surface area contributed by atoms with E-state index in [4.69, 9.17) is 22.4 Å². The maximum Gasteiger partial charge on any atom is 0.326 e. The molecule has 0 aliphatic heterocycles. The number of nitrogens with two attached hydrogens (primary N) is 1. The number of halogens is 1. The van der Waals surface area contributed by atoms with E-state index in [-0.39, 0.29) is 0 Å². The molecule has 0 aliphatic rings. The van der Waals surface area contributed by atoms with Crippen molar-refractivity contribution in [2.45, 2.75) is 19.4 Å². The first-order valence-electron chi connectivity index (χ1n) is 5.91. The van der Waals surface area contributed by atoms with Crippen LogP contribution in [0.25, 0.3) is 6.08 Å². The summed E-state index contributed by atoms with van der Waals surface area (Å²) in [7, 11) is 1.65. The molecule has 1 aromatic rings. The van der Waals surface area contributed by atoms with E-state index in [1.165, 1.54) is 10.8 Å². The molecule has 114 valence electrons. The lowest BCUT2D eigenvalue weighted by Gasteiger charge is -2.10. The fraction of sp³-hybridized carbons (Fsp3) is 0.333. The number of hydrogen-bond donors (Lipinski definition) is 3. The Hall–Kier alpha value is -2.35. The van der Waals surface area contributed by atoms with Gasteiger partial charge in [-0.25, -0.2) is 4.79 Å². The smallest absolute Gasteiger partial charge is 0.326 e. The third kappa shape index (κ3) is 4.60. The van der Waals surface area contributed by atoms with Crippen LogP contribution in [0, 0.1) is 6.92 Å². The van der Waals surface area contributed by atoms with Crippen molar-refractivity contribution >= 4 is 35.5 Å². The van der Waals surface area contributed by atoms with Crippen LogP contribution in [-0.4, -0.2) is 38.7 Å². The monoisotopic (exact) mass is 314 g/mol. The van der Waals surface area contributed by atoms with Crippen molar-refractivity contribution < 1.29 is 19.5 Å². The minimum atomic E-state index is -1.37. The van der Waals surface area contributed by atoms with Crippen LogP contribution in [0.5, 0.6) is 0 Å². The highest BCUT2D eigenvalue weighted by molar-refractivity contribution is 6.31. The maximum atomic E-state index is 11.7. The molecule has 4 N–H and O–H groups in total. The molecule has 1 aromatic heterocycles. The van der Waals surface area contributed by atoms with Gasteiger partial charge in [-0.15, -0.1) is 0 Å². The molecule has 0 bridgehead atoms. The summed E-state index contributed by atoms with van der Waals surface area (Å²) < 4.78 is 1.45. The summed E-state index contributed by atoms with van der Waals surface area (Å²) in [5.41, 5.74) is 6.09. The highest BCUT2D eigenvalue weighted by atomic mass is 35.5. The Bertz CT molecular complexity index is 609. The van der Waals surface area contributed by atoms with Crippen LogP contribution in [0.15, 0.2) is 6.08 Å². The van der Waals surface area contributed by atoms with Gasteiger partial charge in [0.15, 0.2) is 0 Å². The fourth-order valence-corrected chi connectivity index (χ4v) is 1.85. The second-order valence-corrected chi connectivity index (χ2v) is 4.67. The lowest BCUT2D eigenvalue weighted by atomic mass is 10.2. The molecule has 1 atom stereocenters. The molecule has 1 rings (SSSR count). The van der Waals surface area contributed by atoms with Crippen molar-refractivity contribution in [3.05, 3.63) is 22.5 Å². The van der Waals surface area contributed by atoms with E-state index in [0.717, 1.165) is 6.08 Å². The van der Waals surface area contributed by atoms with Gasteiger partial charge in [0.2, 0.25) is 11.8 Å². The molecule has 8 nitrogen and oxygen atoms in total. The average Bonchev–Trinajstić information content (AvgIpc) is 2.60. The number of carboxylic acids is 1. The zero-order valence-electron chi connectivity index (χ0n) is 11.5. The summed E-state index contributed by atoms with van der Waals surface area (Å²) in [5.74, 6) is -2.84. The zero-order valence-corrected chi connectivity index (χ0v) is 12.2. The fourth-order valence-electron chi connectivity index (χ4n) is 1.62. The van der Waals surface area contributed by atoms with Gasteiger partial charge in [0.1, 0.15) is 11.2 Å². The first-order valence-corrected chi connectivity index (χ1v) is 6.29. The van der Waals surface area contributed by atoms with E-state index >= 15 is 0 Å². The van der Waals surface area contributed by atoms with Crippen molar-refractivity contribution in [2.24, 2.45) is 12.8 Å². The van der Waals surface area contributed by atoms with Gasteiger partial charge in [-0.2, -0.15) is 5.10 Å². The van der Waals surface area contributed by atoms with Crippen LogP contribution < -0.4 is 11.1 Å². The minimum absolute atomic E-state index is 0.350. The lowest BCUT2D eigenvalue weighted by Crippen LogP contribution is -2.42. The topological polar surface area (TPSA) is 127 Å². The van der Waals surface area contributed by atoms with Crippen LogP contribution >= 0.6 is 11.6 Å². The summed E-state index contributed by atoms with van der Waals surface area (Å²) in [6.07, 6.45) is 2.05. The maximum absolute atomic E-state index is 11.7. The molecule has 0 saturated heterocycles. The average molecular weight is 315 g/mol. The Morgan fingerprint density at radius 3 is 2.57 bits per heavy atom. The summed E-state index contributed by atoms with van der Waals surface area (Å²) in [6.45, 7) is 1.72. The SMILES string of the molecule is Cc1nn(C)c(Cl)c1/C=C/C(=O)NC(CC(N)=O)C(=O)O. The van der Waals surface area contributed by atoms with Crippen LogP contribution in [-0.2, 0) is 21.4 Å². The van der Waals surface area contributed by atoms with E-state index in [9.17, 15) is 14.4 Å². The number of aromatic nitrogens is 2. The Labute approximate surface area is 125 Å². The number of hydrogen-bond acceptors (Lipinski definition) is 4. The second-order valence-electron chi connectivity index (χ2n) is 4.32. The standard InChI is InChI=1S/C12H15ClN4O4/c1-6-7(11(13)17(2)16-6)3-4-10(19)15-8(12(20)21)5-9(14)18/h3-4,8H,5H2,1-2H3,(H2,14,18)(H,15,19)(H,20,21)/b4-3+. The van der Waals surface area contributed by atoms with Gasteiger partial charge in [0, 0.05) is 18.7 Å². The van der Waals surface area contributed by atoms with E-state index in [1.54, 1.807) is 14.0 Å². The molecule has 0 fully saturated rings. The Kier molecular flexibility index (Phi) is 5.48. The number of nitrogens with one attached hydrogen (secondary N) is 1. The van der Waals surface area contributed by atoms with Gasteiger partial charge in [0.05, 0.1) is 12.1 Å². The third-order valence-corrected chi connectivity index (χ3v) is 3.07. The van der Waals surface area contributed by atoms with E-state index in [2.05, 4.69) is 10.4 Å². The highest BCUT2D eigenvalue weighted by Crippen LogP contribution is 2.19. The Morgan fingerprint density at radius 2 is 2.14 bits per heavy atom. The minimum Gasteiger partial charge on any atom is -0.480 e. The van der Waals surface area contributed by atoms with Crippen molar-refractivity contribution in [2.75, 3.05) is 0 Å². The zero-order chi connectivity index (χ0) is 16.2. The van der Waals surface area contributed by atoms with Crippen molar-refractivity contribution in [1.82, 2.24) is 15.1 Å². The summed E-state index contributed by atoms with van der Waals surface area (Å²) in [6, 6.07) is -1.37. The van der Waals surface area contributed by atoms with E-state index in [0.29, 0.717) is 16.4 Å². The van der Waals surface area contributed by atoms with Gasteiger partial charge < -0.3 is 16.2 Å². The van der Waals surface area contributed by atoms with Crippen molar-refractivity contribution in [3.8, 4) is 0 Å². The summed E-state index contributed by atoms with van der Waals surface area (Å²) >= 11 is 5.98. The molecule has 0 aromatic carbocycles. The van der Waals surface area contributed by atoms with Crippen LogP contribution in [0.4, 0.5) is 0 Å².